The molecule has 0 radical (unpaired) electrons. The van der Waals surface area contributed by atoms with E-state index in [0.717, 1.165) is 50.8 Å². The number of carboxylic acids is 1. The van der Waals surface area contributed by atoms with Crippen molar-refractivity contribution in [1.82, 2.24) is 0 Å². The Balaban J connectivity index is 0.00000306. The SMILES string of the molecule is COc1ccc(-c2ccc3cc(OC)ccc3c2Oc2ccc(C=CC(=O)O)cc2)cc1.O. The van der Waals surface area contributed by atoms with E-state index in [4.69, 9.17) is 19.3 Å². The molecule has 0 spiro atoms. The summed E-state index contributed by atoms with van der Waals surface area (Å²) in [6, 6.07) is 25.0. The van der Waals surface area contributed by atoms with Crippen LogP contribution in [-0.2, 0) is 4.79 Å². The highest BCUT2D eigenvalue weighted by molar-refractivity contribution is 5.96. The third-order valence-electron chi connectivity index (χ3n) is 5.10. The Morgan fingerprint density at radius 1 is 0.788 bits per heavy atom. The van der Waals surface area contributed by atoms with Crippen LogP contribution in [0.25, 0.3) is 28.0 Å². The van der Waals surface area contributed by atoms with Gasteiger partial charge in [0.2, 0.25) is 0 Å². The van der Waals surface area contributed by atoms with E-state index < -0.39 is 5.97 Å². The number of aliphatic carboxylic acids is 1. The molecular formula is C27H24O6. The standard InChI is InChI=1S/C27H22O5.H2O/c1-30-21-11-6-19(7-12-21)24-14-8-20-17-23(31-2)13-15-25(20)27(24)32-22-9-3-18(4-10-22)5-16-26(28)29;/h3-17H,1-2H3,(H,28,29);1H2. The lowest BCUT2D eigenvalue weighted by Gasteiger charge is -2.16. The molecule has 0 bridgehead atoms. The van der Waals surface area contributed by atoms with Gasteiger partial charge in [0.15, 0.2) is 0 Å². The van der Waals surface area contributed by atoms with Crippen molar-refractivity contribution in [3.05, 3.63) is 90.5 Å². The van der Waals surface area contributed by atoms with Gasteiger partial charge in [-0.15, -0.1) is 0 Å². The van der Waals surface area contributed by atoms with Crippen LogP contribution >= 0.6 is 0 Å². The van der Waals surface area contributed by atoms with E-state index in [1.54, 1.807) is 20.3 Å². The predicted octanol–water partition coefficient (Wildman–Crippen LogP) is 5.59. The number of fused-ring (bicyclic) bond motifs is 1. The summed E-state index contributed by atoms with van der Waals surface area (Å²) in [5.41, 5.74) is 2.72. The average Bonchev–Trinajstić information content (AvgIpc) is 2.83. The number of rotatable bonds is 7. The van der Waals surface area contributed by atoms with Gasteiger partial charge in [0.1, 0.15) is 23.0 Å². The first-order valence-corrected chi connectivity index (χ1v) is 10.0. The molecule has 168 valence electrons. The number of hydrogen-bond donors (Lipinski definition) is 1. The molecule has 33 heavy (non-hydrogen) atoms. The van der Waals surface area contributed by atoms with Crippen molar-refractivity contribution in [3.8, 4) is 34.1 Å². The largest absolute Gasteiger partial charge is 0.497 e. The highest BCUT2D eigenvalue weighted by Crippen LogP contribution is 2.41. The number of carbonyl (C=O) groups is 1. The Labute approximate surface area is 191 Å². The van der Waals surface area contributed by atoms with Gasteiger partial charge in [0.25, 0.3) is 0 Å². The Morgan fingerprint density at radius 2 is 1.42 bits per heavy atom. The van der Waals surface area contributed by atoms with Gasteiger partial charge >= 0.3 is 5.97 Å². The summed E-state index contributed by atoms with van der Waals surface area (Å²) in [4.78, 5) is 10.7. The third-order valence-corrected chi connectivity index (χ3v) is 5.10. The average molecular weight is 444 g/mol. The van der Waals surface area contributed by atoms with Crippen LogP contribution in [0.15, 0.2) is 84.9 Å². The van der Waals surface area contributed by atoms with Crippen molar-refractivity contribution in [2.45, 2.75) is 0 Å². The van der Waals surface area contributed by atoms with Crippen LogP contribution in [0.3, 0.4) is 0 Å². The zero-order valence-corrected chi connectivity index (χ0v) is 18.2. The molecule has 0 aromatic heterocycles. The molecule has 0 aliphatic rings. The summed E-state index contributed by atoms with van der Waals surface area (Å²) in [5.74, 6) is 1.95. The molecule has 0 unspecified atom stereocenters. The zero-order chi connectivity index (χ0) is 22.5. The Bertz CT molecular complexity index is 1270. The summed E-state index contributed by atoms with van der Waals surface area (Å²) in [6.45, 7) is 0. The molecule has 0 aliphatic heterocycles. The van der Waals surface area contributed by atoms with Crippen molar-refractivity contribution in [3.63, 3.8) is 0 Å². The molecule has 0 atom stereocenters. The van der Waals surface area contributed by atoms with E-state index in [2.05, 4.69) is 0 Å². The predicted molar refractivity (Wildman–Crippen MR) is 129 cm³/mol. The molecule has 4 aromatic carbocycles. The summed E-state index contributed by atoms with van der Waals surface area (Å²) < 4.78 is 17.0. The van der Waals surface area contributed by atoms with Gasteiger partial charge in [0, 0.05) is 17.0 Å². The lowest BCUT2D eigenvalue weighted by Crippen LogP contribution is -1.92. The van der Waals surface area contributed by atoms with Crippen LogP contribution in [-0.4, -0.2) is 30.8 Å². The minimum Gasteiger partial charge on any atom is -0.497 e. The molecule has 0 saturated carbocycles. The number of carboxylic acid groups (broad SMARTS) is 1. The van der Waals surface area contributed by atoms with E-state index in [1.165, 1.54) is 0 Å². The lowest BCUT2D eigenvalue weighted by molar-refractivity contribution is -0.131. The van der Waals surface area contributed by atoms with Crippen LogP contribution in [0.1, 0.15) is 5.56 Å². The molecule has 6 nitrogen and oxygen atoms in total. The normalized spacial score (nSPS) is 10.6. The molecule has 3 N–H and O–H groups in total. The van der Waals surface area contributed by atoms with Crippen molar-refractivity contribution in [1.29, 1.82) is 0 Å². The van der Waals surface area contributed by atoms with Crippen molar-refractivity contribution < 1.29 is 29.6 Å². The van der Waals surface area contributed by atoms with Crippen molar-refractivity contribution in [2.24, 2.45) is 0 Å². The van der Waals surface area contributed by atoms with Crippen molar-refractivity contribution >= 4 is 22.8 Å². The fourth-order valence-corrected chi connectivity index (χ4v) is 3.45. The second-order valence-electron chi connectivity index (χ2n) is 7.10. The molecule has 4 aromatic rings. The lowest BCUT2D eigenvalue weighted by atomic mass is 9.99. The van der Waals surface area contributed by atoms with E-state index >= 15 is 0 Å². The first-order chi connectivity index (χ1) is 15.6. The Hall–Kier alpha value is -4.29. The minimum absolute atomic E-state index is 0. The zero-order valence-electron chi connectivity index (χ0n) is 18.2. The van der Waals surface area contributed by atoms with Gasteiger partial charge in [0.05, 0.1) is 14.2 Å². The number of benzene rings is 4. The van der Waals surface area contributed by atoms with Crippen LogP contribution < -0.4 is 14.2 Å². The molecule has 0 fully saturated rings. The van der Waals surface area contributed by atoms with E-state index in [-0.39, 0.29) is 5.48 Å². The number of hydrogen-bond acceptors (Lipinski definition) is 4. The Morgan fingerprint density at radius 3 is 2.06 bits per heavy atom. The number of ether oxygens (including phenoxy) is 3. The summed E-state index contributed by atoms with van der Waals surface area (Å²) in [7, 11) is 3.28. The van der Waals surface area contributed by atoms with Crippen molar-refractivity contribution in [2.75, 3.05) is 14.2 Å². The van der Waals surface area contributed by atoms with Gasteiger partial charge in [-0.1, -0.05) is 30.3 Å². The first kappa shape index (κ1) is 23.4. The maximum absolute atomic E-state index is 10.7. The second kappa shape index (κ2) is 10.3. The molecule has 6 heteroatoms. The monoisotopic (exact) mass is 444 g/mol. The summed E-state index contributed by atoms with van der Waals surface area (Å²) in [5, 5.41) is 10.8. The molecule has 0 aliphatic carbocycles. The van der Waals surface area contributed by atoms with Gasteiger partial charge in [-0.2, -0.15) is 0 Å². The van der Waals surface area contributed by atoms with Gasteiger partial charge < -0.3 is 24.8 Å². The van der Waals surface area contributed by atoms with Crippen LogP contribution in [0.4, 0.5) is 0 Å². The fraction of sp³-hybridized carbons (Fsp3) is 0.0741. The minimum atomic E-state index is -0.986. The first-order valence-electron chi connectivity index (χ1n) is 10.0. The van der Waals surface area contributed by atoms with Gasteiger partial charge in [-0.05, 0) is 71.1 Å². The van der Waals surface area contributed by atoms with E-state index in [1.807, 2.05) is 78.9 Å². The van der Waals surface area contributed by atoms with Crippen LogP contribution in [0.5, 0.6) is 23.0 Å². The smallest absolute Gasteiger partial charge is 0.328 e. The highest BCUT2D eigenvalue weighted by Gasteiger charge is 2.13. The molecule has 0 heterocycles. The van der Waals surface area contributed by atoms with Gasteiger partial charge in [-0.3, -0.25) is 0 Å². The Kier molecular flexibility index (Phi) is 7.33. The third kappa shape index (κ3) is 5.31. The molecule has 0 amide bonds. The summed E-state index contributed by atoms with van der Waals surface area (Å²) in [6.07, 6.45) is 2.65. The summed E-state index contributed by atoms with van der Waals surface area (Å²) >= 11 is 0. The second-order valence-corrected chi connectivity index (χ2v) is 7.10. The fourth-order valence-electron chi connectivity index (χ4n) is 3.45. The van der Waals surface area contributed by atoms with E-state index in [0.29, 0.717) is 5.75 Å². The maximum atomic E-state index is 10.7. The van der Waals surface area contributed by atoms with Crippen LogP contribution in [0, 0.1) is 0 Å². The molecule has 0 saturated heterocycles. The van der Waals surface area contributed by atoms with Gasteiger partial charge in [-0.25, -0.2) is 4.79 Å². The van der Waals surface area contributed by atoms with Crippen LogP contribution in [0.2, 0.25) is 0 Å². The topological polar surface area (TPSA) is 96.5 Å². The molecule has 4 rings (SSSR count). The number of methoxy groups -OCH3 is 2. The highest BCUT2D eigenvalue weighted by atomic mass is 16.5. The van der Waals surface area contributed by atoms with E-state index in [9.17, 15) is 4.79 Å². The quantitative estimate of drug-likeness (QED) is 0.375. The maximum Gasteiger partial charge on any atom is 0.328 e. The molecular weight excluding hydrogens is 420 g/mol.